The lowest BCUT2D eigenvalue weighted by atomic mass is 10.1. The van der Waals surface area contributed by atoms with Crippen LogP contribution in [0.1, 0.15) is 5.56 Å². The Morgan fingerprint density at radius 1 is 1.22 bits per heavy atom. The third-order valence-electron chi connectivity index (χ3n) is 2.86. The van der Waals surface area contributed by atoms with Crippen molar-refractivity contribution in [3.63, 3.8) is 0 Å². The van der Waals surface area contributed by atoms with Crippen LogP contribution >= 0.6 is 22.6 Å². The Labute approximate surface area is 148 Å². The second-order valence-corrected chi connectivity index (χ2v) is 5.83. The highest BCUT2D eigenvalue weighted by molar-refractivity contribution is 14.1. The van der Waals surface area contributed by atoms with Gasteiger partial charge >= 0.3 is 5.97 Å². The van der Waals surface area contributed by atoms with Gasteiger partial charge in [-0.1, -0.05) is 0 Å². The quantitative estimate of drug-likeness (QED) is 0.379. The molecule has 0 saturated heterocycles. The van der Waals surface area contributed by atoms with Crippen LogP contribution in [0, 0.1) is 3.57 Å². The summed E-state index contributed by atoms with van der Waals surface area (Å²) in [7, 11) is 0. The molecule has 8 heteroatoms. The number of rotatable bonds is 12. The highest BCUT2D eigenvalue weighted by Crippen LogP contribution is 2.20. The van der Waals surface area contributed by atoms with E-state index < -0.39 is 18.7 Å². The maximum absolute atomic E-state index is 11.8. The first-order chi connectivity index (χ1) is 11.0. The van der Waals surface area contributed by atoms with Crippen LogP contribution in [0.5, 0.6) is 5.75 Å². The monoisotopic (exact) mass is 441 g/mol. The van der Waals surface area contributed by atoms with E-state index in [-0.39, 0.29) is 13.0 Å². The maximum Gasteiger partial charge on any atom is 0.320 e. The molecular formula is C15H21FINO5. The van der Waals surface area contributed by atoms with E-state index in [0.29, 0.717) is 32.2 Å². The number of carboxylic acid groups (broad SMARTS) is 1. The minimum Gasteiger partial charge on any atom is -0.491 e. The Hall–Kier alpha value is -0.970. The van der Waals surface area contributed by atoms with Crippen LogP contribution in [0.2, 0.25) is 0 Å². The molecule has 1 atom stereocenters. The lowest BCUT2D eigenvalue weighted by molar-refractivity contribution is -0.138. The molecule has 23 heavy (non-hydrogen) atoms. The van der Waals surface area contributed by atoms with E-state index >= 15 is 0 Å². The van der Waals surface area contributed by atoms with Crippen molar-refractivity contribution in [1.82, 2.24) is 0 Å². The molecule has 0 aliphatic heterocycles. The van der Waals surface area contributed by atoms with Crippen molar-refractivity contribution >= 4 is 28.6 Å². The number of halogens is 2. The number of benzene rings is 1. The van der Waals surface area contributed by atoms with Crippen LogP contribution in [0.3, 0.4) is 0 Å². The largest absolute Gasteiger partial charge is 0.491 e. The van der Waals surface area contributed by atoms with Gasteiger partial charge < -0.3 is 25.1 Å². The lowest BCUT2D eigenvalue weighted by Crippen LogP contribution is -2.32. The first kappa shape index (κ1) is 20.1. The molecule has 0 aliphatic carbocycles. The second-order valence-electron chi connectivity index (χ2n) is 4.66. The summed E-state index contributed by atoms with van der Waals surface area (Å²) in [6.45, 7) is 1.07. The van der Waals surface area contributed by atoms with E-state index in [9.17, 15) is 9.18 Å². The van der Waals surface area contributed by atoms with E-state index in [4.69, 9.17) is 25.1 Å². The van der Waals surface area contributed by atoms with Gasteiger partial charge in [0, 0.05) is 3.57 Å². The van der Waals surface area contributed by atoms with E-state index in [2.05, 4.69) is 22.6 Å². The van der Waals surface area contributed by atoms with Gasteiger partial charge in [0.15, 0.2) is 0 Å². The third kappa shape index (κ3) is 8.45. The van der Waals surface area contributed by atoms with E-state index in [1.54, 1.807) is 6.07 Å². The van der Waals surface area contributed by atoms with Gasteiger partial charge in [-0.3, -0.25) is 4.79 Å². The number of hydrogen-bond acceptors (Lipinski definition) is 5. The summed E-state index contributed by atoms with van der Waals surface area (Å²) >= 11 is 2.13. The van der Waals surface area contributed by atoms with Crippen molar-refractivity contribution in [1.29, 1.82) is 0 Å². The summed E-state index contributed by atoms with van der Waals surface area (Å²) in [6.07, 6.45) is 0.243. The van der Waals surface area contributed by atoms with Gasteiger partial charge in [-0.25, -0.2) is 4.39 Å². The highest BCUT2D eigenvalue weighted by atomic mass is 127. The molecule has 0 aromatic heterocycles. The number of ether oxygens (including phenoxy) is 3. The zero-order chi connectivity index (χ0) is 17.1. The number of alkyl halides is 1. The van der Waals surface area contributed by atoms with Crippen molar-refractivity contribution in [3.05, 3.63) is 27.3 Å². The molecule has 1 aromatic rings. The molecule has 1 unspecified atom stereocenters. The smallest absolute Gasteiger partial charge is 0.320 e. The van der Waals surface area contributed by atoms with E-state index in [0.717, 1.165) is 9.13 Å². The normalized spacial score (nSPS) is 12.1. The average Bonchev–Trinajstić information content (AvgIpc) is 2.52. The maximum atomic E-state index is 11.8. The standard InChI is InChI=1S/C15H21FINO5/c16-3-4-21-5-6-22-7-8-23-12-1-2-13(17)11(9-12)10-14(18)15(19)20/h1-2,9,14H,3-8,10,18H2,(H,19,20). The number of nitrogens with two attached hydrogens (primary N) is 1. The van der Waals surface area contributed by atoms with Crippen LogP contribution in [0.25, 0.3) is 0 Å². The summed E-state index contributed by atoms with van der Waals surface area (Å²) in [5, 5.41) is 8.88. The van der Waals surface area contributed by atoms with Crippen LogP contribution in [0.15, 0.2) is 18.2 Å². The molecule has 0 radical (unpaired) electrons. The minimum absolute atomic E-state index is 0.0871. The molecule has 6 nitrogen and oxygen atoms in total. The Bertz CT molecular complexity index is 489. The molecule has 0 fully saturated rings. The topological polar surface area (TPSA) is 91.0 Å². The predicted molar refractivity (Wildman–Crippen MR) is 91.6 cm³/mol. The van der Waals surface area contributed by atoms with Crippen LogP contribution in [-0.2, 0) is 20.7 Å². The van der Waals surface area contributed by atoms with Crippen LogP contribution in [-0.4, -0.2) is 56.8 Å². The van der Waals surface area contributed by atoms with Gasteiger partial charge in [0.2, 0.25) is 0 Å². The predicted octanol–water partition coefficient (Wildman–Crippen LogP) is 1.63. The molecule has 3 N–H and O–H groups in total. The number of hydrogen-bond donors (Lipinski definition) is 2. The zero-order valence-electron chi connectivity index (χ0n) is 12.7. The first-order valence-electron chi connectivity index (χ1n) is 7.15. The number of carboxylic acids is 1. The van der Waals surface area contributed by atoms with Gasteiger partial charge in [-0.2, -0.15) is 0 Å². The fourth-order valence-electron chi connectivity index (χ4n) is 1.72. The molecule has 0 spiro atoms. The number of aliphatic carboxylic acids is 1. The molecular weight excluding hydrogens is 420 g/mol. The van der Waals surface area contributed by atoms with Gasteiger partial charge in [-0.05, 0) is 52.8 Å². The summed E-state index contributed by atoms with van der Waals surface area (Å²) in [4.78, 5) is 10.8. The first-order valence-corrected chi connectivity index (χ1v) is 8.23. The average molecular weight is 441 g/mol. The molecule has 0 amide bonds. The second kappa shape index (κ2) is 11.5. The van der Waals surface area contributed by atoms with Gasteiger partial charge in [-0.15, -0.1) is 0 Å². The SMILES string of the molecule is NC(Cc1cc(OCCOCCOCCF)ccc1I)C(=O)O. The zero-order valence-corrected chi connectivity index (χ0v) is 14.8. The minimum atomic E-state index is -1.03. The Kier molecular flexibility index (Phi) is 10.1. The summed E-state index contributed by atoms with van der Waals surface area (Å²) in [6, 6.07) is 4.51. The van der Waals surface area contributed by atoms with Crippen molar-refractivity contribution in [2.24, 2.45) is 5.73 Å². The fraction of sp³-hybridized carbons (Fsp3) is 0.533. The van der Waals surface area contributed by atoms with E-state index in [1.807, 2.05) is 12.1 Å². The van der Waals surface area contributed by atoms with Crippen molar-refractivity contribution in [2.75, 3.05) is 39.7 Å². The third-order valence-corrected chi connectivity index (χ3v) is 3.92. The van der Waals surface area contributed by atoms with Crippen molar-refractivity contribution in [3.8, 4) is 5.75 Å². The Balaban J connectivity index is 2.33. The van der Waals surface area contributed by atoms with Gasteiger partial charge in [0.05, 0.1) is 26.4 Å². The Morgan fingerprint density at radius 2 is 1.87 bits per heavy atom. The highest BCUT2D eigenvalue weighted by Gasteiger charge is 2.14. The molecule has 130 valence electrons. The van der Waals surface area contributed by atoms with Gasteiger partial charge in [0.1, 0.15) is 25.1 Å². The van der Waals surface area contributed by atoms with Gasteiger partial charge in [0.25, 0.3) is 0 Å². The van der Waals surface area contributed by atoms with Crippen molar-refractivity contribution < 1.29 is 28.5 Å². The van der Waals surface area contributed by atoms with Crippen molar-refractivity contribution in [2.45, 2.75) is 12.5 Å². The van der Waals surface area contributed by atoms with Crippen LogP contribution in [0.4, 0.5) is 4.39 Å². The fourth-order valence-corrected chi connectivity index (χ4v) is 2.27. The molecule has 1 rings (SSSR count). The Morgan fingerprint density at radius 3 is 2.52 bits per heavy atom. The summed E-state index contributed by atoms with van der Waals surface area (Å²) in [5.41, 5.74) is 6.39. The molecule has 0 saturated carbocycles. The summed E-state index contributed by atoms with van der Waals surface area (Å²) < 4.78 is 28.5. The van der Waals surface area contributed by atoms with E-state index in [1.165, 1.54) is 0 Å². The molecule has 0 heterocycles. The molecule has 0 bridgehead atoms. The lowest BCUT2D eigenvalue weighted by Gasteiger charge is -2.12. The summed E-state index contributed by atoms with van der Waals surface area (Å²) in [5.74, 6) is -0.397. The molecule has 0 aliphatic rings. The number of carbonyl (C=O) groups is 1. The van der Waals surface area contributed by atoms with Crippen LogP contribution < -0.4 is 10.5 Å². The molecule has 1 aromatic carbocycles.